The molecule has 1 unspecified atom stereocenters. The summed E-state index contributed by atoms with van der Waals surface area (Å²) in [6, 6.07) is 10.4. The van der Waals surface area contributed by atoms with Gasteiger partial charge in [-0.1, -0.05) is 44.2 Å². The Morgan fingerprint density at radius 2 is 1.74 bits per heavy atom. The molecule has 1 saturated carbocycles. The minimum absolute atomic E-state index is 0.0971. The zero-order valence-corrected chi connectivity index (χ0v) is 21.0. The number of hydrogen-bond acceptors (Lipinski definition) is 5. The van der Waals surface area contributed by atoms with Gasteiger partial charge in [-0.05, 0) is 55.0 Å². The molecule has 0 bridgehead atoms. The number of rotatable bonds is 8. The van der Waals surface area contributed by atoms with Gasteiger partial charge in [0.05, 0.1) is 12.1 Å². The lowest BCUT2D eigenvalue weighted by atomic mass is 9.85. The van der Waals surface area contributed by atoms with Gasteiger partial charge in [0.15, 0.2) is 5.82 Å². The van der Waals surface area contributed by atoms with Gasteiger partial charge in [0.1, 0.15) is 0 Å². The largest absolute Gasteiger partial charge is 0.349 e. The van der Waals surface area contributed by atoms with Gasteiger partial charge in [-0.2, -0.15) is 0 Å². The number of carbonyl (C=O) groups excluding carboxylic acids is 1. The van der Waals surface area contributed by atoms with E-state index in [0.29, 0.717) is 6.04 Å². The quantitative estimate of drug-likeness (QED) is 0.572. The van der Waals surface area contributed by atoms with Crippen LogP contribution in [0.3, 0.4) is 0 Å². The monoisotopic (exact) mass is 488 g/mol. The first kappa shape index (κ1) is 25.7. The standard InChI is InChI=1S/C26H38F2N6O/c1-18(2)24-30-31-32-34(24)22-11-15-33(16-12-22)19(3)17-23(20-7-5-4-6-8-20)29-25(35)21-9-13-26(27,28)14-10-21/h4-8,18-19,21-23H,9-17H2,1-3H3,(H,29,35)/t19?,23-/m0/s1. The molecule has 4 rings (SSSR count). The number of nitrogens with one attached hydrogen (secondary N) is 1. The van der Waals surface area contributed by atoms with Crippen molar-refractivity contribution >= 4 is 5.91 Å². The number of likely N-dealkylation sites (tertiary alicyclic amines) is 1. The van der Waals surface area contributed by atoms with E-state index in [1.807, 2.05) is 35.0 Å². The fourth-order valence-corrected chi connectivity index (χ4v) is 5.46. The van der Waals surface area contributed by atoms with Gasteiger partial charge in [0.2, 0.25) is 11.8 Å². The van der Waals surface area contributed by atoms with Crippen molar-refractivity contribution in [3.05, 3.63) is 41.7 Å². The second-order valence-corrected chi connectivity index (χ2v) is 10.6. The zero-order chi connectivity index (χ0) is 25.0. The average Bonchev–Trinajstić information content (AvgIpc) is 3.34. The highest BCUT2D eigenvalue weighted by Crippen LogP contribution is 2.37. The summed E-state index contributed by atoms with van der Waals surface area (Å²) < 4.78 is 29.1. The first-order valence-corrected chi connectivity index (χ1v) is 13.0. The molecule has 2 aliphatic rings. The van der Waals surface area contributed by atoms with Crippen molar-refractivity contribution in [2.45, 2.75) is 95.7 Å². The Morgan fingerprint density at radius 3 is 2.37 bits per heavy atom. The molecule has 35 heavy (non-hydrogen) atoms. The third-order valence-corrected chi connectivity index (χ3v) is 7.69. The summed E-state index contributed by atoms with van der Waals surface area (Å²) in [7, 11) is 0. The maximum atomic E-state index is 13.6. The van der Waals surface area contributed by atoms with Crippen LogP contribution in [0, 0.1) is 5.92 Å². The molecule has 1 aliphatic carbocycles. The van der Waals surface area contributed by atoms with Crippen molar-refractivity contribution in [3.8, 4) is 0 Å². The van der Waals surface area contributed by atoms with Crippen molar-refractivity contribution in [2.24, 2.45) is 5.92 Å². The molecule has 7 nitrogen and oxygen atoms in total. The second kappa shape index (κ2) is 11.1. The second-order valence-electron chi connectivity index (χ2n) is 10.6. The number of alkyl halides is 2. The predicted octanol–water partition coefficient (Wildman–Crippen LogP) is 4.90. The zero-order valence-electron chi connectivity index (χ0n) is 21.0. The fraction of sp³-hybridized carbons (Fsp3) is 0.692. The van der Waals surface area contributed by atoms with Crippen LogP contribution in [-0.4, -0.2) is 56.1 Å². The molecular weight excluding hydrogens is 450 g/mol. The maximum absolute atomic E-state index is 13.6. The highest BCUT2D eigenvalue weighted by molar-refractivity contribution is 5.79. The first-order valence-electron chi connectivity index (χ1n) is 13.0. The van der Waals surface area contributed by atoms with Crippen LogP contribution in [0.1, 0.15) is 95.1 Å². The number of tetrazole rings is 1. The van der Waals surface area contributed by atoms with Crippen molar-refractivity contribution in [1.29, 1.82) is 0 Å². The van der Waals surface area contributed by atoms with Gasteiger partial charge in [0.25, 0.3) is 0 Å². The molecule has 1 saturated heterocycles. The average molecular weight is 489 g/mol. The Hall–Kier alpha value is -2.42. The van der Waals surface area contributed by atoms with Crippen LogP contribution < -0.4 is 5.32 Å². The summed E-state index contributed by atoms with van der Waals surface area (Å²) in [5.41, 5.74) is 1.05. The van der Waals surface area contributed by atoms with Crippen LogP contribution in [0.4, 0.5) is 8.78 Å². The van der Waals surface area contributed by atoms with Crippen LogP contribution in [0.15, 0.2) is 30.3 Å². The summed E-state index contributed by atoms with van der Waals surface area (Å²) in [5.74, 6) is -1.84. The van der Waals surface area contributed by atoms with Gasteiger partial charge in [-0.15, -0.1) is 5.10 Å². The SMILES string of the molecule is CC(C)c1nnnn1C1CCN(C(C)C[C@H](NC(=O)C2CCC(F)(F)CC2)c2ccccc2)CC1. The number of nitrogens with zero attached hydrogens (tertiary/aromatic N) is 5. The number of aromatic nitrogens is 4. The molecule has 1 aromatic carbocycles. The van der Waals surface area contributed by atoms with E-state index in [2.05, 4.69) is 46.5 Å². The maximum Gasteiger partial charge on any atom is 0.248 e. The predicted molar refractivity (Wildman–Crippen MR) is 130 cm³/mol. The van der Waals surface area contributed by atoms with Gasteiger partial charge < -0.3 is 10.2 Å². The van der Waals surface area contributed by atoms with Crippen LogP contribution >= 0.6 is 0 Å². The first-order chi connectivity index (χ1) is 16.7. The molecular formula is C26H38F2N6O. The van der Waals surface area contributed by atoms with Gasteiger partial charge in [0, 0.05) is 43.8 Å². The van der Waals surface area contributed by atoms with Gasteiger partial charge >= 0.3 is 0 Å². The topological polar surface area (TPSA) is 75.9 Å². The molecule has 2 atom stereocenters. The molecule has 1 aliphatic heterocycles. The van der Waals surface area contributed by atoms with Crippen LogP contribution in [-0.2, 0) is 4.79 Å². The Labute approximate surface area is 206 Å². The van der Waals surface area contributed by atoms with Crippen LogP contribution in [0.25, 0.3) is 0 Å². The third kappa shape index (κ3) is 6.42. The number of benzene rings is 1. The van der Waals surface area contributed by atoms with Crippen molar-refractivity contribution in [3.63, 3.8) is 0 Å². The Bertz CT molecular complexity index is 948. The molecule has 2 aromatic rings. The summed E-state index contributed by atoms with van der Waals surface area (Å²) in [6.07, 6.45) is 2.82. The lowest BCUT2D eigenvalue weighted by Gasteiger charge is -2.38. The van der Waals surface area contributed by atoms with Gasteiger partial charge in [-0.25, -0.2) is 13.5 Å². The van der Waals surface area contributed by atoms with Gasteiger partial charge in [-0.3, -0.25) is 4.79 Å². The summed E-state index contributed by atoms with van der Waals surface area (Å²) >= 11 is 0. The number of hydrogen-bond donors (Lipinski definition) is 1. The van der Waals surface area contributed by atoms with Crippen LogP contribution in [0.2, 0.25) is 0 Å². The van der Waals surface area contributed by atoms with E-state index in [-0.39, 0.29) is 55.5 Å². The minimum Gasteiger partial charge on any atom is -0.349 e. The van der Waals surface area contributed by atoms with E-state index in [1.54, 1.807) is 0 Å². The highest BCUT2D eigenvalue weighted by atomic mass is 19.3. The molecule has 9 heteroatoms. The Balaban J connectivity index is 1.37. The lowest BCUT2D eigenvalue weighted by molar-refractivity contribution is -0.130. The number of carbonyl (C=O) groups is 1. The van der Waals surface area contributed by atoms with E-state index < -0.39 is 5.92 Å². The molecule has 0 spiro atoms. The Kier molecular flexibility index (Phi) is 8.14. The molecule has 192 valence electrons. The van der Waals surface area contributed by atoms with Crippen LogP contribution in [0.5, 0.6) is 0 Å². The number of piperidine rings is 1. The van der Waals surface area contributed by atoms with E-state index in [1.165, 1.54) is 0 Å². The summed E-state index contributed by atoms with van der Waals surface area (Å²) in [6.45, 7) is 8.31. The lowest BCUT2D eigenvalue weighted by Crippen LogP contribution is -2.44. The smallest absolute Gasteiger partial charge is 0.248 e. The number of halogens is 2. The normalized spacial score (nSPS) is 21.7. The van der Waals surface area contributed by atoms with E-state index in [4.69, 9.17) is 0 Å². The molecule has 1 amide bonds. The highest BCUT2D eigenvalue weighted by Gasteiger charge is 2.38. The third-order valence-electron chi connectivity index (χ3n) is 7.69. The number of amides is 1. The van der Waals surface area contributed by atoms with E-state index >= 15 is 0 Å². The summed E-state index contributed by atoms with van der Waals surface area (Å²) in [5, 5.41) is 15.5. The molecule has 2 fully saturated rings. The fourth-order valence-electron chi connectivity index (χ4n) is 5.46. The van der Waals surface area contributed by atoms with E-state index in [0.717, 1.165) is 43.7 Å². The van der Waals surface area contributed by atoms with Crippen molar-refractivity contribution in [2.75, 3.05) is 13.1 Å². The van der Waals surface area contributed by atoms with E-state index in [9.17, 15) is 13.6 Å². The molecule has 1 N–H and O–H groups in total. The molecule has 0 radical (unpaired) electrons. The molecule has 1 aromatic heterocycles. The Morgan fingerprint density at radius 1 is 1.09 bits per heavy atom. The van der Waals surface area contributed by atoms with Crippen molar-refractivity contribution in [1.82, 2.24) is 30.4 Å². The molecule has 2 heterocycles. The summed E-state index contributed by atoms with van der Waals surface area (Å²) in [4.78, 5) is 15.5. The van der Waals surface area contributed by atoms with Crippen molar-refractivity contribution < 1.29 is 13.6 Å². The minimum atomic E-state index is -2.63.